The maximum Gasteiger partial charge on any atom is 0.157 e. The molecule has 0 bridgehead atoms. The predicted molar refractivity (Wildman–Crippen MR) is 162 cm³/mol. The molecule has 1 heterocycles. The molecule has 1 N–H and O–H groups in total. The van der Waals surface area contributed by atoms with E-state index in [-0.39, 0.29) is 6.29 Å². The Bertz CT molecular complexity index is 1090. The first-order chi connectivity index (χ1) is 20.7. The Morgan fingerprint density at radius 1 is 0.667 bits per heavy atom. The highest BCUT2D eigenvalue weighted by molar-refractivity contribution is 5.15. The van der Waals surface area contributed by atoms with Crippen LogP contribution in [0.25, 0.3) is 0 Å². The highest BCUT2D eigenvalue weighted by atomic mass is 16.7. The van der Waals surface area contributed by atoms with Crippen molar-refractivity contribution in [2.75, 3.05) is 19.8 Å². The van der Waals surface area contributed by atoms with E-state index in [1.54, 1.807) is 0 Å². The lowest BCUT2D eigenvalue weighted by molar-refractivity contribution is -0.262. The Morgan fingerprint density at radius 3 is 1.69 bits per heavy atom. The molecule has 228 valence electrons. The van der Waals surface area contributed by atoms with Gasteiger partial charge in [0.25, 0.3) is 0 Å². The largest absolute Gasteiger partial charge is 0.388 e. The van der Waals surface area contributed by atoms with Crippen molar-refractivity contribution in [1.29, 1.82) is 0 Å². The molecule has 4 rings (SSSR count). The van der Waals surface area contributed by atoms with Crippen LogP contribution in [0.15, 0.2) is 91.0 Å². The van der Waals surface area contributed by atoms with E-state index in [9.17, 15) is 5.11 Å². The molecule has 3 aromatic carbocycles. The fourth-order valence-electron chi connectivity index (χ4n) is 5.24. The molecule has 1 saturated heterocycles. The van der Waals surface area contributed by atoms with Crippen molar-refractivity contribution in [1.82, 2.24) is 0 Å². The number of benzene rings is 3. The molecule has 7 heteroatoms. The van der Waals surface area contributed by atoms with E-state index in [2.05, 4.69) is 0 Å². The van der Waals surface area contributed by atoms with Crippen molar-refractivity contribution in [3.63, 3.8) is 0 Å². The summed E-state index contributed by atoms with van der Waals surface area (Å²) in [5.41, 5.74) is 3.15. The third-order valence-corrected chi connectivity index (χ3v) is 7.36. The van der Waals surface area contributed by atoms with Crippen molar-refractivity contribution in [3.05, 3.63) is 108 Å². The van der Waals surface area contributed by atoms with Crippen LogP contribution < -0.4 is 0 Å². The average Bonchev–Trinajstić information content (AvgIpc) is 3.02. The molecule has 3 aromatic rings. The van der Waals surface area contributed by atoms with Crippen molar-refractivity contribution in [2.45, 2.75) is 89.7 Å². The molecule has 5 atom stereocenters. The molecular formula is C35H46O7. The normalized spacial score (nSPS) is 22.4. The van der Waals surface area contributed by atoms with Gasteiger partial charge in [-0.05, 0) is 49.8 Å². The Labute approximate surface area is 250 Å². The van der Waals surface area contributed by atoms with E-state index in [1.807, 2.05) is 105 Å². The maximum atomic E-state index is 11.6. The van der Waals surface area contributed by atoms with Gasteiger partial charge < -0.3 is 33.5 Å². The van der Waals surface area contributed by atoms with Crippen molar-refractivity contribution >= 4 is 0 Å². The molecule has 0 aliphatic carbocycles. The van der Waals surface area contributed by atoms with E-state index in [0.717, 1.165) is 23.1 Å². The van der Waals surface area contributed by atoms with Crippen molar-refractivity contribution < 1.29 is 33.5 Å². The van der Waals surface area contributed by atoms with E-state index in [0.29, 0.717) is 52.5 Å². The molecule has 0 unspecified atom stereocenters. The van der Waals surface area contributed by atoms with Gasteiger partial charge in [-0.15, -0.1) is 0 Å². The molecule has 7 nitrogen and oxygen atoms in total. The van der Waals surface area contributed by atoms with Crippen LogP contribution in [0, 0.1) is 0 Å². The molecule has 0 amide bonds. The van der Waals surface area contributed by atoms with Crippen molar-refractivity contribution in [2.24, 2.45) is 0 Å². The van der Waals surface area contributed by atoms with E-state index < -0.39 is 30.5 Å². The van der Waals surface area contributed by atoms with Crippen LogP contribution >= 0.6 is 0 Å². The standard InChI is InChI=1S/C35H46O7/c1-3-38-32(39-4-2)22-14-21-30-33(36)35(41-25-29-19-12-7-13-20-29)34(40-24-28-17-10-6-11-18-28)31(42-30)26-37-23-27-15-8-5-9-16-27/h5-13,15-20,30-36H,3-4,14,21-26H2,1-2H3/t30-,31+,33-,34+,35+/m0/s1. The van der Waals surface area contributed by atoms with Crippen LogP contribution in [0.4, 0.5) is 0 Å². The zero-order valence-electron chi connectivity index (χ0n) is 24.9. The number of hydrogen-bond donors (Lipinski definition) is 1. The molecule has 0 saturated carbocycles. The summed E-state index contributed by atoms with van der Waals surface area (Å²) in [5, 5.41) is 11.6. The minimum Gasteiger partial charge on any atom is -0.388 e. The average molecular weight is 579 g/mol. The molecule has 0 radical (unpaired) electrons. The van der Waals surface area contributed by atoms with Gasteiger partial charge in [0, 0.05) is 13.2 Å². The second-order valence-corrected chi connectivity index (χ2v) is 10.5. The fourth-order valence-corrected chi connectivity index (χ4v) is 5.24. The third kappa shape index (κ3) is 10.3. The van der Waals surface area contributed by atoms with Gasteiger partial charge in [0.2, 0.25) is 0 Å². The van der Waals surface area contributed by atoms with Crippen LogP contribution in [0.5, 0.6) is 0 Å². The summed E-state index contributed by atoms with van der Waals surface area (Å²) in [5.74, 6) is 0. The van der Waals surface area contributed by atoms with E-state index >= 15 is 0 Å². The lowest BCUT2D eigenvalue weighted by Gasteiger charge is -2.44. The summed E-state index contributed by atoms with van der Waals surface area (Å²) >= 11 is 0. The molecule has 1 fully saturated rings. The quantitative estimate of drug-likeness (QED) is 0.184. The molecule has 0 aromatic heterocycles. The number of rotatable bonds is 18. The smallest absolute Gasteiger partial charge is 0.157 e. The molecule has 42 heavy (non-hydrogen) atoms. The second-order valence-electron chi connectivity index (χ2n) is 10.5. The summed E-state index contributed by atoms with van der Waals surface area (Å²) < 4.78 is 37.1. The summed E-state index contributed by atoms with van der Waals surface area (Å²) in [6.07, 6.45) is -1.04. The predicted octanol–water partition coefficient (Wildman–Crippen LogP) is 6.07. The number of aliphatic hydroxyl groups is 1. The van der Waals surface area contributed by atoms with Gasteiger partial charge >= 0.3 is 0 Å². The number of hydrogen-bond acceptors (Lipinski definition) is 7. The molecule has 1 aliphatic rings. The zero-order valence-corrected chi connectivity index (χ0v) is 24.9. The van der Waals surface area contributed by atoms with Crippen LogP contribution in [0.2, 0.25) is 0 Å². The van der Waals surface area contributed by atoms with Gasteiger partial charge in [0.1, 0.15) is 24.4 Å². The van der Waals surface area contributed by atoms with Gasteiger partial charge in [-0.2, -0.15) is 0 Å². The van der Waals surface area contributed by atoms with E-state index in [4.69, 9.17) is 28.4 Å². The van der Waals surface area contributed by atoms with Gasteiger partial charge in [-0.3, -0.25) is 0 Å². The van der Waals surface area contributed by atoms with Crippen LogP contribution in [-0.4, -0.2) is 61.7 Å². The Balaban J connectivity index is 1.49. The van der Waals surface area contributed by atoms with Crippen LogP contribution in [0.1, 0.15) is 49.8 Å². The van der Waals surface area contributed by atoms with Gasteiger partial charge in [0.05, 0.1) is 32.5 Å². The summed E-state index contributed by atoms with van der Waals surface area (Å²) in [6, 6.07) is 30.1. The first-order valence-electron chi connectivity index (χ1n) is 15.2. The van der Waals surface area contributed by atoms with Gasteiger partial charge in [0.15, 0.2) is 6.29 Å². The minimum atomic E-state index is -0.877. The second kappa shape index (κ2) is 18.1. The first kappa shape index (κ1) is 32.3. The Morgan fingerprint density at radius 2 is 1.17 bits per heavy atom. The maximum absolute atomic E-state index is 11.6. The number of aliphatic hydroxyl groups excluding tert-OH is 1. The summed E-state index contributed by atoms with van der Waals surface area (Å²) in [4.78, 5) is 0. The van der Waals surface area contributed by atoms with Gasteiger partial charge in [-0.25, -0.2) is 0 Å². The Hall–Kier alpha value is -2.62. The first-order valence-corrected chi connectivity index (χ1v) is 15.2. The van der Waals surface area contributed by atoms with Gasteiger partial charge in [-0.1, -0.05) is 91.0 Å². The summed E-state index contributed by atoms with van der Waals surface area (Å²) in [7, 11) is 0. The lowest BCUT2D eigenvalue weighted by Crippen LogP contribution is -2.60. The number of ether oxygens (including phenoxy) is 6. The van der Waals surface area contributed by atoms with Crippen LogP contribution in [0.3, 0.4) is 0 Å². The van der Waals surface area contributed by atoms with Crippen molar-refractivity contribution in [3.8, 4) is 0 Å². The molecule has 0 spiro atoms. The lowest BCUT2D eigenvalue weighted by atomic mass is 9.91. The SMILES string of the molecule is CCOC(CCC[C@@H]1O[C@H](COCc2ccccc2)[C@@H](OCc2ccccc2)[C@H](OCc2ccccc2)[C@H]1O)OCC. The zero-order chi connectivity index (χ0) is 29.4. The van der Waals surface area contributed by atoms with E-state index in [1.165, 1.54) is 0 Å². The monoisotopic (exact) mass is 578 g/mol. The topological polar surface area (TPSA) is 75.6 Å². The molecule has 1 aliphatic heterocycles. The van der Waals surface area contributed by atoms with Crippen LogP contribution in [-0.2, 0) is 48.2 Å². The fraction of sp³-hybridized carbons (Fsp3) is 0.486. The molecular weight excluding hydrogens is 532 g/mol. The highest BCUT2D eigenvalue weighted by Gasteiger charge is 2.46. The summed E-state index contributed by atoms with van der Waals surface area (Å²) in [6.45, 7) is 6.59. The third-order valence-electron chi connectivity index (χ3n) is 7.36. The highest BCUT2D eigenvalue weighted by Crippen LogP contribution is 2.31. The Kier molecular flexibility index (Phi) is 13.9. The minimum absolute atomic E-state index is 0.266.